The van der Waals surface area contributed by atoms with Gasteiger partial charge in [-0.1, -0.05) is 35.9 Å². The number of ketones is 2. The molecule has 1 heterocycles. The Morgan fingerprint density at radius 1 is 1.13 bits per heavy atom. The zero-order valence-corrected chi connectivity index (χ0v) is 13.7. The van der Waals surface area contributed by atoms with E-state index in [1.54, 1.807) is 30.3 Å². The van der Waals surface area contributed by atoms with Crippen LogP contribution in [0.4, 0.5) is 0 Å². The third-order valence-corrected chi connectivity index (χ3v) is 4.24. The van der Waals surface area contributed by atoms with Crippen LogP contribution < -0.4 is 0 Å². The van der Waals surface area contributed by atoms with Crippen LogP contribution in [0.3, 0.4) is 0 Å². The van der Waals surface area contributed by atoms with Crippen LogP contribution in [0.2, 0.25) is 0 Å². The zero-order chi connectivity index (χ0) is 16.6. The second-order valence-corrected chi connectivity index (χ2v) is 6.51. The highest BCUT2D eigenvalue weighted by molar-refractivity contribution is 6.27. The van der Waals surface area contributed by atoms with Crippen molar-refractivity contribution in [1.82, 2.24) is 0 Å². The number of benzene rings is 1. The lowest BCUT2D eigenvalue weighted by atomic mass is 9.84. The first-order chi connectivity index (χ1) is 10.9. The van der Waals surface area contributed by atoms with Crippen LogP contribution in [-0.4, -0.2) is 17.2 Å². The maximum absolute atomic E-state index is 12.7. The van der Waals surface area contributed by atoms with Crippen molar-refractivity contribution in [3.63, 3.8) is 0 Å². The Bertz CT molecular complexity index is 776. The molecule has 0 saturated carbocycles. The largest absolute Gasteiger partial charge is 0.479 e. The second-order valence-electron chi connectivity index (χ2n) is 6.51. The van der Waals surface area contributed by atoms with Crippen LogP contribution in [0.15, 0.2) is 59.4 Å². The number of ether oxygens (including phenoxy) is 1. The Kier molecular flexibility index (Phi) is 3.80. The molecule has 1 aliphatic heterocycles. The minimum atomic E-state index is -0.562. The molecule has 0 amide bonds. The lowest BCUT2D eigenvalue weighted by molar-refractivity contribution is 0.0395. The van der Waals surface area contributed by atoms with Gasteiger partial charge in [-0.15, -0.1) is 0 Å². The van der Waals surface area contributed by atoms with E-state index in [0.717, 1.165) is 12.8 Å². The van der Waals surface area contributed by atoms with Gasteiger partial charge < -0.3 is 4.74 Å². The van der Waals surface area contributed by atoms with E-state index in [9.17, 15) is 9.59 Å². The number of carbonyl (C=O) groups is 2. The highest BCUT2D eigenvalue weighted by Crippen LogP contribution is 2.36. The molecule has 3 rings (SSSR count). The normalized spacial score (nSPS) is 22.4. The Hall–Kier alpha value is -2.42. The van der Waals surface area contributed by atoms with E-state index >= 15 is 0 Å². The molecule has 23 heavy (non-hydrogen) atoms. The summed E-state index contributed by atoms with van der Waals surface area (Å²) in [4.78, 5) is 25.2. The zero-order valence-electron chi connectivity index (χ0n) is 13.7. The van der Waals surface area contributed by atoms with E-state index in [2.05, 4.69) is 19.9 Å². The molecule has 0 bridgehead atoms. The standard InChI is InChI=1S/C20H20O3/c1-13(2)7-6-11-20(3)12-10-16-17(21)14-8-4-5-9-15(14)18(22)19(16)23-20/h4-5,7-10,12H,6,11H2,1-3H3. The molecule has 0 saturated heterocycles. The molecule has 0 N–H and O–H groups in total. The first-order valence-electron chi connectivity index (χ1n) is 7.86. The lowest BCUT2D eigenvalue weighted by Crippen LogP contribution is -2.34. The summed E-state index contributed by atoms with van der Waals surface area (Å²) in [5.74, 6) is -0.151. The van der Waals surface area contributed by atoms with Crippen LogP contribution in [0, 0.1) is 0 Å². The third kappa shape index (κ3) is 2.79. The number of carbonyl (C=O) groups excluding carboxylic acids is 2. The molecule has 1 aromatic rings. The molecule has 1 atom stereocenters. The quantitative estimate of drug-likeness (QED) is 0.777. The SMILES string of the molecule is CC(C)=CCCC1(C)C=CC2=C(O1)C(=O)c1ccccc1C2=O. The van der Waals surface area contributed by atoms with Crippen molar-refractivity contribution in [3.8, 4) is 0 Å². The minimum absolute atomic E-state index is 0.141. The van der Waals surface area contributed by atoms with Crippen molar-refractivity contribution in [2.75, 3.05) is 0 Å². The molecule has 3 nitrogen and oxygen atoms in total. The van der Waals surface area contributed by atoms with E-state index in [-0.39, 0.29) is 17.3 Å². The van der Waals surface area contributed by atoms with Crippen molar-refractivity contribution >= 4 is 11.6 Å². The summed E-state index contributed by atoms with van der Waals surface area (Å²) in [6.07, 6.45) is 7.41. The van der Waals surface area contributed by atoms with Crippen molar-refractivity contribution in [2.45, 2.75) is 39.2 Å². The van der Waals surface area contributed by atoms with Gasteiger partial charge in [0.25, 0.3) is 0 Å². The van der Waals surface area contributed by atoms with Gasteiger partial charge in [0, 0.05) is 11.1 Å². The van der Waals surface area contributed by atoms with Crippen LogP contribution in [-0.2, 0) is 4.74 Å². The Morgan fingerprint density at radius 3 is 2.43 bits per heavy atom. The average molecular weight is 308 g/mol. The van der Waals surface area contributed by atoms with Crippen LogP contribution in [0.1, 0.15) is 54.3 Å². The van der Waals surface area contributed by atoms with E-state index in [0.29, 0.717) is 16.7 Å². The van der Waals surface area contributed by atoms with Crippen molar-refractivity contribution < 1.29 is 14.3 Å². The van der Waals surface area contributed by atoms with E-state index in [1.165, 1.54) is 5.57 Å². The molecule has 0 radical (unpaired) electrons. The first-order valence-corrected chi connectivity index (χ1v) is 7.86. The highest BCUT2D eigenvalue weighted by Gasteiger charge is 2.38. The summed E-state index contributed by atoms with van der Waals surface area (Å²) in [7, 11) is 0. The summed E-state index contributed by atoms with van der Waals surface area (Å²) in [6, 6.07) is 6.91. The van der Waals surface area contributed by atoms with E-state index < -0.39 is 5.60 Å². The summed E-state index contributed by atoms with van der Waals surface area (Å²) in [5, 5.41) is 0. The highest BCUT2D eigenvalue weighted by atomic mass is 16.5. The summed E-state index contributed by atoms with van der Waals surface area (Å²) in [6.45, 7) is 6.06. The number of rotatable bonds is 3. The fraction of sp³-hybridized carbons (Fsp3) is 0.300. The number of fused-ring (bicyclic) bond motifs is 1. The van der Waals surface area contributed by atoms with Gasteiger partial charge in [-0.2, -0.15) is 0 Å². The molecule has 1 aromatic carbocycles. The van der Waals surface area contributed by atoms with Gasteiger partial charge in [-0.05, 0) is 45.8 Å². The van der Waals surface area contributed by atoms with Crippen LogP contribution in [0.25, 0.3) is 0 Å². The lowest BCUT2D eigenvalue weighted by Gasteiger charge is -2.34. The molecule has 2 aliphatic rings. The van der Waals surface area contributed by atoms with Gasteiger partial charge in [-0.3, -0.25) is 9.59 Å². The smallest absolute Gasteiger partial charge is 0.229 e. The Morgan fingerprint density at radius 2 is 1.78 bits per heavy atom. The van der Waals surface area contributed by atoms with Crippen molar-refractivity contribution in [3.05, 3.63) is 70.5 Å². The molecule has 0 fully saturated rings. The van der Waals surface area contributed by atoms with Crippen molar-refractivity contribution in [1.29, 1.82) is 0 Å². The predicted molar refractivity (Wildman–Crippen MR) is 89.4 cm³/mol. The number of hydrogen-bond acceptors (Lipinski definition) is 3. The van der Waals surface area contributed by atoms with Gasteiger partial charge in [0.05, 0.1) is 5.57 Å². The molecule has 118 valence electrons. The number of Topliss-reactive ketones (excluding diaryl/α,β-unsaturated/α-hetero) is 2. The molecular weight excluding hydrogens is 288 g/mol. The van der Waals surface area contributed by atoms with Crippen molar-refractivity contribution in [2.24, 2.45) is 0 Å². The average Bonchev–Trinajstić information content (AvgIpc) is 2.52. The fourth-order valence-corrected chi connectivity index (χ4v) is 2.93. The Labute approximate surface area is 136 Å². The fourth-order valence-electron chi connectivity index (χ4n) is 2.93. The molecule has 1 aliphatic carbocycles. The molecule has 0 spiro atoms. The summed E-state index contributed by atoms with van der Waals surface area (Å²) >= 11 is 0. The number of hydrogen-bond donors (Lipinski definition) is 0. The second kappa shape index (κ2) is 5.65. The van der Waals surface area contributed by atoms with Crippen LogP contribution in [0.5, 0.6) is 0 Å². The topological polar surface area (TPSA) is 43.4 Å². The minimum Gasteiger partial charge on any atom is -0.479 e. The maximum Gasteiger partial charge on any atom is 0.229 e. The van der Waals surface area contributed by atoms with E-state index in [1.807, 2.05) is 13.0 Å². The van der Waals surface area contributed by atoms with Gasteiger partial charge in [0.1, 0.15) is 5.60 Å². The Balaban J connectivity index is 1.90. The molecule has 3 heteroatoms. The summed E-state index contributed by atoms with van der Waals surface area (Å²) in [5.41, 5.74) is 1.95. The summed E-state index contributed by atoms with van der Waals surface area (Å²) < 4.78 is 5.99. The van der Waals surface area contributed by atoms with Gasteiger partial charge >= 0.3 is 0 Å². The van der Waals surface area contributed by atoms with Gasteiger partial charge in [0.15, 0.2) is 11.5 Å². The van der Waals surface area contributed by atoms with Crippen LogP contribution >= 0.6 is 0 Å². The molecule has 0 aromatic heterocycles. The third-order valence-electron chi connectivity index (χ3n) is 4.24. The van der Waals surface area contributed by atoms with E-state index in [4.69, 9.17) is 4.74 Å². The maximum atomic E-state index is 12.7. The predicted octanol–water partition coefficient (Wildman–Crippen LogP) is 4.41. The monoisotopic (exact) mass is 308 g/mol. The molecular formula is C20H20O3. The van der Waals surface area contributed by atoms with Gasteiger partial charge in [0.2, 0.25) is 5.78 Å². The molecule has 1 unspecified atom stereocenters. The first kappa shape index (κ1) is 15.5. The van der Waals surface area contributed by atoms with Gasteiger partial charge in [-0.25, -0.2) is 0 Å². The number of allylic oxidation sites excluding steroid dienone is 5.